The van der Waals surface area contributed by atoms with Gasteiger partial charge in [-0.05, 0) is 38.1 Å². The SMILES string of the molecule is CCC(=O)Nc1cccc(NC(=O)C2(C)CCNC2)c1. The molecule has 1 aromatic rings. The number of nitrogens with one attached hydrogen (secondary N) is 3. The summed E-state index contributed by atoms with van der Waals surface area (Å²) >= 11 is 0. The van der Waals surface area contributed by atoms with Crippen molar-refractivity contribution < 1.29 is 9.59 Å². The normalized spacial score (nSPS) is 21.5. The standard InChI is InChI=1S/C15H21N3O2/c1-3-13(19)17-11-5-4-6-12(9-11)18-14(20)15(2)7-8-16-10-15/h4-6,9,16H,3,7-8,10H2,1-2H3,(H,17,19)(H,18,20). The summed E-state index contributed by atoms with van der Waals surface area (Å²) in [7, 11) is 0. The van der Waals surface area contributed by atoms with Crippen LogP contribution in [-0.4, -0.2) is 24.9 Å². The zero-order chi connectivity index (χ0) is 14.6. The van der Waals surface area contributed by atoms with Gasteiger partial charge >= 0.3 is 0 Å². The molecule has 1 aliphatic rings. The predicted molar refractivity (Wildman–Crippen MR) is 79.6 cm³/mol. The molecule has 1 saturated heterocycles. The third-order valence-electron chi connectivity index (χ3n) is 3.64. The van der Waals surface area contributed by atoms with Crippen LogP contribution >= 0.6 is 0 Å². The summed E-state index contributed by atoms with van der Waals surface area (Å²) in [6.07, 6.45) is 1.27. The molecule has 1 atom stereocenters. The number of amides is 2. The van der Waals surface area contributed by atoms with E-state index in [0.29, 0.717) is 24.3 Å². The van der Waals surface area contributed by atoms with E-state index in [1.54, 1.807) is 13.0 Å². The van der Waals surface area contributed by atoms with Crippen molar-refractivity contribution in [1.82, 2.24) is 5.32 Å². The molecule has 0 bridgehead atoms. The Morgan fingerprint density at radius 1 is 1.30 bits per heavy atom. The van der Waals surface area contributed by atoms with Crippen LogP contribution < -0.4 is 16.0 Å². The Hall–Kier alpha value is -1.88. The maximum Gasteiger partial charge on any atom is 0.231 e. The fraction of sp³-hybridized carbons (Fsp3) is 0.467. The number of carbonyl (C=O) groups is 2. The lowest BCUT2D eigenvalue weighted by Crippen LogP contribution is -2.35. The first kappa shape index (κ1) is 14.5. The van der Waals surface area contributed by atoms with Gasteiger partial charge in [0.1, 0.15) is 0 Å². The number of anilines is 2. The molecule has 1 fully saturated rings. The highest BCUT2D eigenvalue weighted by atomic mass is 16.2. The third-order valence-corrected chi connectivity index (χ3v) is 3.64. The fourth-order valence-corrected chi connectivity index (χ4v) is 2.22. The predicted octanol–water partition coefficient (Wildman–Crippen LogP) is 1.97. The van der Waals surface area contributed by atoms with Crippen LogP contribution in [0.1, 0.15) is 26.7 Å². The first-order valence-electron chi connectivity index (χ1n) is 6.95. The van der Waals surface area contributed by atoms with Crippen molar-refractivity contribution in [1.29, 1.82) is 0 Å². The number of hydrogen-bond donors (Lipinski definition) is 3. The summed E-state index contributed by atoms with van der Waals surface area (Å²) in [5.41, 5.74) is 1.05. The van der Waals surface area contributed by atoms with Crippen LogP contribution in [0.4, 0.5) is 11.4 Å². The molecule has 1 heterocycles. The van der Waals surface area contributed by atoms with Gasteiger partial charge in [-0.15, -0.1) is 0 Å². The van der Waals surface area contributed by atoms with Gasteiger partial charge in [0.15, 0.2) is 0 Å². The van der Waals surface area contributed by atoms with Gasteiger partial charge in [-0.1, -0.05) is 13.0 Å². The molecule has 0 aliphatic carbocycles. The molecule has 3 N–H and O–H groups in total. The summed E-state index contributed by atoms with van der Waals surface area (Å²) in [6.45, 7) is 5.33. The minimum atomic E-state index is -0.358. The Morgan fingerprint density at radius 3 is 2.60 bits per heavy atom. The summed E-state index contributed by atoms with van der Waals surface area (Å²) in [6, 6.07) is 7.22. The monoisotopic (exact) mass is 275 g/mol. The van der Waals surface area contributed by atoms with Gasteiger partial charge in [-0.25, -0.2) is 0 Å². The van der Waals surface area contributed by atoms with Crippen LogP contribution in [0.5, 0.6) is 0 Å². The van der Waals surface area contributed by atoms with E-state index in [1.807, 2.05) is 25.1 Å². The highest BCUT2D eigenvalue weighted by Gasteiger charge is 2.36. The van der Waals surface area contributed by atoms with Gasteiger partial charge in [-0.3, -0.25) is 9.59 Å². The number of carbonyl (C=O) groups excluding carboxylic acids is 2. The van der Waals surface area contributed by atoms with Gasteiger partial charge in [-0.2, -0.15) is 0 Å². The molecule has 0 spiro atoms. The highest BCUT2D eigenvalue weighted by molar-refractivity contribution is 5.97. The molecule has 1 aromatic carbocycles. The first-order chi connectivity index (χ1) is 9.53. The van der Waals surface area contributed by atoms with Crippen LogP contribution in [0.2, 0.25) is 0 Å². The Labute approximate surface area is 119 Å². The highest BCUT2D eigenvalue weighted by Crippen LogP contribution is 2.27. The molecule has 5 heteroatoms. The lowest BCUT2D eigenvalue weighted by atomic mass is 9.89. The lowest BCUT2D eigenvalue weighted by molar-refractivity contribution is -0.123. The van der Waals surface area contributed by atoms with Crippen molar-refractivity contribution in [2.45, 2.75) is 26.7 Å². The second-order valence-corrected chi connectivity index (χ2v) is 5.42. The summed E-state index contributed by atoms with van der Waals surface area (Å²) in [5, 5.41) is 8.91. The number of benzene rings is 1. The van der Waals surface area contributed by atoms with Crippen LogP contribution in [0, 0.1) is 5.41 Å². The van der Waals surface area contributed by atoms with Gasteiger partial charge in [0.25, 0.3) is 0 Å². The topological polar surface area (TPSA) is 70.2 Å². The zero-order valence-corrected chi connectivity index (χ0v) is 12.0. The Kier molecular flexibility index (Phi) is 4.39. The molecule has 108 valence electrons. The van der Waals surface area contributed by atoms with Crippen molar-refractivity contribution in [3.8, 4) is 0 Å². The van der Waals surface area contributed by atoms with Crippen LogP contribution in [-0.2, 0) is 9.59 Å². The second kappa shape index (κ2) is 6.05. The van der Waals surface area contributed by atoms with E-state index in [-0.39, 0.29) is 17.2 Å². The minimum absolute atomic E-state index is 0.0152. The Morgan fingerprint density at radius 2 is 2.00 bits per heavy atom. The van der Waals surface area contributed by atoms with Crippen molar-refractivity contribution in [2.75, 3.05) is 23.7 Å². The van der Waals surface area contributed by atoms with Crippen molar-refractivity contribution >= 4 is 23.2 Å². The van der Waals surface area contributed by atoms with E-state index in [2.05, 4.69) is 16.0 Å². The zero-order valence-electron chi connectivity index (χ0n) is 12.0. The lowest BCUT2D eigenvalue weighted by Gasteiger charge is -2.21. The molecule has 2 rings (SSSR count). The maximum absolute atomic E-state index is 12.3. The molecule has 5 nitrogen and oxygen atoms in total. The molecule has 0 radical (unpaired) electrons. The molecule has 1 unspecified atom stereocenters. The van der Waals surface area contributed by atoms with Gasteiger partial charge < -0.3 is 16.0 Å². The van der Waals surface area contributed by atoms with Gasteiger partial charge in [0, 0.05) is 24.3 Å². The maximum atomic E-state index is 12.3. The van der Waals surface area contributed by atoms with Crippen LogP contribution in [0.15, 0.2) is 24.3 Å². The molecule has 1 aliphatic heterocycles. The first-order valence-corrected chi connectivity index (χ1v) is 6.95. The molecular weight excluding hydrogens is 254 g/mol. The van der Waals surface area contributed by atoms with Crippen molar-refractivity contribution in [3.05, 3.63) is 24.3 Å². The average molecular weight is 275 g/mol. The van der Waals surface area contributed by atoms with Gasteiger partial charge in [0.2, 0.25) is 11.8 Å². The quantitative estimate of drug-likeness (QED) is 0.787. The van der Waals surface area contributed by atoms with Crippen LogP contribution in [0.25, 0.3) is 0 Å². The second-order valence-electron chi connectivity index (χ2n) is 5.42. The number of hydrogen-bond acceptors (Lipinski definition) is 3. The van der Waals surface area contributed by atoms with E-state index >= 15 is 0 Å². The van der Waals surface area contributed by atoms with Crippen LogP contribution in [0.3, 0.4) is 0 Å². The molecular formula is C15H21N3O2. The molecule has 0 aromatic heterocycles. The smallest absolute Gasteiger partial charge is 0.231 e. The van der Waals surface area contributed by atoms with E-state index in [9.17, 15) is 9.59 Å². The van der Waals surface area contributed by atoms with Crippen molar-refractivity contribution in [2.24, 2.45) is 5.41 Å². The minimum Gasteiger partial charge on any atom is -0.326 e. The van der Waals surface area contributed by atoms with E-state index in [4.69, 9.17) is 0 Å². The average Bonchev–Trinajstić information content (AvgIpc) is 2.87. The largest absolute Gasteiger partial charge is 0.326 e. The van der Waals surface area contributed by atoms with Crippen molar-refractivity contribution in [3.63, 3.8) is 0 Å². The number of rotatable bonds is 4. The summed E-state index contributed by atoms with van der Waals surface area (Å²) < 4.78 is 0. The van der Waals surface area contributed by atoms with E-state index in [0.717, 1.165) is 13.0 Å². The molecule has 20 heavy (non-hydrogen) atoms. The summed E-state index contributed by atoms with van der Waals surface area (Å²) in [4.78, 5) is 23.7. The molecule has 2 amide bonds. The van der Waals surface area contributed by atoms with Gasteiger partial charge in [0.05, 0.1) is 5.41 Å². The van der Waals surface area contributed by atoms with E-state index in [1.165, 1.54) is 0 Å². The Bertz CT molecular complexity index is 508. The third kappa shape index (κ3) is 3.36. The fourth-order valence-electron chi connectivity index (χ4n) is 2.22. The summed E-state index contributed by atoms with van der Waals surface area (Å²) in [5.74, 6) is -0.0260. The Balaban J connectivity index is 2.04. The molecule has 0 saturated carbocycles. The van der Waals surface area contributed by atoms with E-state index < -0.39 is 0 Å².